The van der Waals surface area contributed by atoms with Gasteiger partial charge < -0.3 is 10.1 Å². The van der Waals surface area contributed by atoms with Crippen LogP contribution in [0, 0.1) is 0 Å². The Bertz CT molecular complexity index is 791. The third kappa shape index (κ3) is 4.17. The van der Waals surface area contributed by atoms with Crippen molar-refractivity contribution in [1.29, 1.82) is 0 Å². The number of nitrogens with zero attached hydrogens (tertiary/aromatic N) is 2. The number of aromatic nitrogens is 2. The fourth-order valence-corrected chi connectivity index (χ4v) is 2.96. The summed E-state index contributed by atoms with van der Waals surface area (Å²) in [6.07, 6.45) is 5.62. The molecule has 24 heavy (non-hydrogen) atoms. The third-order valence-electron chi connectivity index (χ3n) is 3.36. The molecule has 0 unspecified atom stereocenters. The molecule has 0 spiro atoms. The molecule has 0 aliphatic carbocycles. The average molecular weight is 339 g/mol. The lowest BCUT2D eigenvalue weighted by Gasteiger charge is -2.15. The molecule has 0 saturated carbocycles. The van der Waals surface area contributed by atoms with E-state index in [9.17, 15) is 4.79 Å². The van der Waals surface area contributed by atoms with Crippen LogP contribution in [0.25, 0.3) is 0 Å². The highest BCUT2D eigenvalue weighted by Crippen LogP contribution is 2.22. The number of amides is 1. The predicted octanol–water partition coefficient (Wildman–Crippen LogP) is 3.69. The van der Waals surface area contributed by atoms with Crippen molar-refractivity contribution < 1.29 is 9.53 Å². The molecule has 0 aliphatic rings. The van der Waals surface area contributed by atoms with Crippen molar-refractivity contribution in [2.75, 3.05) is 0 Å². The summed E-state index contributed by atoms with van der Waals surface area (Å²) in [5.41, 5.74) is 1.62. The average Bonchev–Trinajstić information content (AvgIpc) is 3.09. The summed E-state index contributed by atoms with van der Waals surface area (Å²) < 4.78 is 5.69. The SMILES string of the molecule is C[C@@H](Cc1ccsc1)NC(=O)c1cccnc1Oc1cccnc1. The topological polar surface area (TPSA) is 64.1 Å². The van der Waals surface area contributed by atoms with Crippen molar-refractivity contribution in [3.05, 3.63) is 70.8 Å². The highest BCUT2D eigenvalue weighted by atomic mass is 32.1. The first-order chi connectivity index (χ1) is 11.7. The first kappa shape index (κ1) is 16.1. The number of rotatable bonds is 6. The molecule has 0 saturated heterocycles. The Morgan fingerprint density at radius 1 is 1.29 bits per heavy atom. The molecule has 3 rings (SSSR count). The molecule has 1 atom stereocenters. The van der Waals surface area contributed by atoms with Crippen LogP contribution in [0.5, 0.6) is 11.6 Å². The summed E-state index contributed by atoms with van der Waals surface area (Å²) in [7, 11) is 0. The predicted molar refractivity (Wildman–Crippen MR) is 93.5 cm³/mol. The Labute approximate surface area is 144 Å². The first-order valence-corrected chi connectivity index (χ1v) is 8.51. The highest BCUT2D eigenvalue weighted by molar-refractivity contribution is 7.07. The molecule has 0 fully saturated rings. The van der Waals surface area contributed by atoms with E-state index in [4.69, 9.17) is 4.74 Å². The minimum absolute atomic E-state index is 0.0125. The Morgan fingerprint density at radius 2 is 2.17 bits per heavy atom. The second-order valence-corrected chi connectivity index (χ2v) is 6.14. The highest BCUT2D eigenvalue weighted by Gasteiger charge is 2.16. The van der Waals surface area contributed by atoms with E-state index in [0.717, 1.165) is 6.42 Å². The van der Waals surface area contributed by atoms with E-state index in [2.05, 4.69) is 26.7 Å². The minimum atomic E-state index is -0.204. The summed E-state index contributed by atoms with van der Waals surface area (Å²) in [6, 6.07) is 9.02. The molecule has 5 nitrogen and oxygen atoms in total. The number of thiophene rings is 1. The van der Waals surface area contributed by atoms with Crippen LogP contribution < -0.4 is 10.1 Å². The summed E-state index contributed by atoms with van der Waals surface area (Å²) in [5.74, 6) is 0.604. The van der Waals surface area contributed by atoms with Gasteiger partial charge in [-0.1, -0.05) is 0 Å². The number of pyridine rings is 2. The number of carbonyl (C=O) groups excluding carboxylic acids is 1. The van der Waals surface area contributed by atoms with Gasteiger partial charge in [-0.25, -0.2) is 4.98 Å². The van der Waals surface area contributed by atoms with Crippen molar-refractivity contribution >= 4 is 17.2 Å². The Balaban J connectivity index is 1.70. The van der Waals surface area contributed by atoms with Crippen LogP contribution in [0.2, 0.25) is 0 Å². The largest absolute Gasteiger partial charge is 0.437 e. The zero-order valence-electron chi connectivity index (χ0n) is 13.2. The molecule has 1 amide bonds. The second kappa shape index (κ2) is 7.70. The van der Waals surface area contributed by atoms with Gasteiger partial charge in [0.1, 0.15) is 11.3 Å². The lowest BCUT2D eigenvalue weighted by Crippen LogP contribution is -2.34. The summed E-state index contributed by atoms with van der Waals surface area (Å²) in [4.78, 5) is 20.7. The summed E-state index contributed by atoms with van der Waals surface area (Å²) >= 11 is 1.65. The normalized spacial score (nSPS) is 11.7. The van der Waals surface area contributed by atoms with Crippen LogP contribution in [0.4, 0.5) is 0 Å². The lowest BCUT2D eigenvalue weighted by atomic mass is 10.1. The fraction of sp³-hybridized carbons (Fsp3) is 0.167. The van der Waals surface area contributed by atoms with Crippen molar-refractivity contribution in [2.24, 2.45) is 0 Å². The van der Waals surface area contributed by atoms with Crippen LogP contribution >= 0.6 is 11.3 Å². The monoisotopic (exact) mass is 339 g/mol. The van der Waals surface area contributed by atoms with Crippen LogP contribution in [0.1, 0.15) is 22.8 Å². The Hall–Kier alpha value is -2.73. The second-order valence-electron chi connectivity index (χ2n) is 5.36. The first-order valence-electron chi connectivity index (χ1n) is 7.57. The van der Waals surface area contributed by atoms with E-state index in [-0.39, 0.29) is 17.8 Å². The van der Waals surface area contributed by atoms with Crippen molar-refractivity contribution in [2.45, 2.75) is 19.4 Å². The number of carbonyl (C=O) groups is 1. The van der Waals surface area contributed by atoms with Gasteiger partial charge in [0.25, 0.3) is 5.91 Å². The molecule has 0 aromatic carbocycles. The maximum absolute atomic E-state index is 12.6. The van der Waals surface area contributed by atoms with Crippen molar-refractivity contribution in [1.82, 2.24) is 15.3 Å². The van der Waals surface area contributed by atoms with Gasteiger partial charge in [-0.15, -0.1) is 0 Å². The zero-order valence-corrected chi connectivity index (χ0v) is 14.0. The molecule has 3 heterocycles. The van der Waals surface area contributed by atoms with Crippen LogP contribution in [-0.2, 0) is 6.42 Å². The molecule has 0 bridgehead atoms. The maximum atomic E-state index is 12.6. The van der Waals surface area contributed by atoms with Crippen molar-refractivity contribution in [3.8, 4) is 11.6 Å². The van der Waals surface area contributed by atoms with Gasteiger partial charge in [0.05, 0.1) is 6.20 Å². The fourth-order valence-electron chi connectivity index (χ4n) is 2.28. The van der Waals surface area contributed by atoms with E-state index in [1.165, 1.54) is 5.56 Å². The van der Waals surface area contributed by atoms with Crippen LogP contribution in [0.3, 0.4) is 0 Å². The van der Waals surface area contributed by atoms with E-state index >= 15 is 0 Å². The molecule has 6 heteroatoms. The van der Waals surface area contributed by atoms with Crippen LogP contribution in [-0.4, -0.2) is 21.9 Å². The Kier molecular flexibility index (Phi) is 5.18. The standard InChI is InChI=1S/C18H17N3O2S/c1-13(10-14-6-9-24-12-14)21-17(22)16-5-3-8-20-18(16)23-15-4-2-7-19-11-15/h2-9,11-13H,10H2,1H3,(H,21,22)/t13-/m0/s1. The summed E-state index contributed by atoms with van der Waals surface area (Å²) in [5, 5.41) is 7.11. The zero-order chi connectivity index (χ0) is 16.8. The van der Waals surface area contributed by atoms with Gasteiger partial charge in [-0.05, 0) is 60.0 Å². The lowest BCUT2D eigenvalue weighted by molar-refractivity contribution is 0.0937. The van der Waals surface area contributed by atoms with E-state index < -0.39 is 0 Å². The molecular formula is C18H17N3O2S. The van der Waals surface area contributed by atoms with Gasteiger partial charge in [0, 0.05) is 18.4 Å². The maximum Gasteiger partial charge on any atom is 0.257 e. The van der Waals surface area contributed by atoms with E-state index in [1.807, 2.05) is 12.3 Å². The number of hydrogen-bond acceptors (Lipinski definition) is 5. The Morgan fingerprint density at radius 3 is 2.92 bits per heavy atom. The van der Waals surface area contributed by atoms with Crippen molar-refractivity contribution in [3.63, 3.8) is 0 Å². The number of ether oxygens (including phenoxy) is 1. The molecule has 122 valence electrons. The molecule has 0 aliphatic heterocycles. The molecule has 3 aromatic rings. The quantitative estimate of drug-likeness (QED) is 0.744. The van der Waals surface area contributed by atoms with Gasteiger partial charge in [-0.2, -0.15) is 11.3 Å². The van der Waals surface area contributed by atoms with Gasteiger partial charge in [0.15, 0.2) is 0 Å². The third-order valence-corrected chi connectivity index (χ3v) is 4.10. The molecular weight excluding hydrogens is 322 g/mol. The molecule has 0 radical (unpaired) electrons. The minimum Gasteiger partial charge on any atom is -0.437 e. The van der Waals surface area contributed by atoms with E-state index in [0.29, 0.717) is 11.3 Å². The van der Waals surface area contributed by atoms with Gasteiger partial charge in [-0.3, -0.25) is 9.78 Å². The van der Waals surface area contributed by atoms with Gasteiger partial charge in [0.2, 0.25) is 5.88 Å². The van der Waals surface area contributed by atoms with E-state index in [1.54, 1.807) is 54.2 Å². The van der Waals surface area contributed by atoms with Crippen LogP contribution in [0.15, 0.2) is 59.7 Å². The smallest absolute Gasteiger partial charge is 0.257 e. The summed E-state index contributed by atoms with van der Waals surface area (Å²) in [6.45, 7) is 1.98. The van der Waals surface area contributed by atoms with Gasteiger partial charge >= 0.3 is 0 Å². The number of nitrogens with one attached hydrogen (secondary N) is 1. The number of hydrogen-bond donors (Lipinski definition) is 1. The molecule has 3 aromatic heterocycles. The molecule has 1 N–H and O–H groups in total.